The fourth-order valence-electron chi connectivity index (χ4n) is 3.89. The van der Waals surface area contributed by atoms with Crippen molar-refractivity contribution in [3.8, 4) is 5.69 Å². The predicted octanol–water partition coefficient (Wildman–Crippen LogP) is 5.67. The lowest BCUT2D eigenvalue weighted by atomic mass is 10.1. The van der Waals surface area contributed by atoms with E-state index >= 15 is 0 Å². The molecular formula is C26H23FN6OS. The van der Waals surface area contributed by atoms with E-state index in [9.17, 15) is 9.18 Å². The summed E-state index contributed by atoms with van der Waals surface area (Å²) in [4.78, 5) is 21.1. The Morgan fingerprint density at radius 3 is 2.89 bits per heavy atom. The summed E-state index contributed by atoms with van der Waals surface area (Å²) in [6.07, 6.45) is 4.19. The van der Waals surface area contributed by atoms with E-state index in [2.05, 4.69) is 25.6 Å². The average molecular weight is 487 g/mol. The van der Waals surface area contributed by atoms with E-state index < -0.39 is 11.7 Å². The van der Waals surface area contributed by atoms with Crippen molar-refractivity contribution in [2.45, 2.75) is 25.8 Å². The van der Waals surface area contributed by atoms with E-state index in [1.54, 1.807) is 55.6 Å². The molecule has 9 heteroatoms. The number of anilines is 1. The first kappa shape index (κ1) is 22.9. The SMILES string of the molecule is [C-]#[N+]c1cccc(-n2nc(C)cc2C(=O)Nc2cc(C(NCC3CC3)c3nccs3)ccc2F)c1. The number of rotatable bonds is 8. The van der Waals surface area contributed by atoms with Gasteiger partial charge in [-0.2, -0.15) is 5.10 Å². The van der Waals surface area contributed by atoms with Crippen molar-refractivity contribution >= 4 is 28.6 Å². The number of thiazole rings is 1. The minimum atomic E-state index is -0.528. The number of carbonyl (C=O) groups is 1. The summed E-state index contributed by atoms with van der Waals surface area (Å²) in [7, 11) is 0. The van der Waals surface area contributed by atoms with Gasteiger partial charge < -0.3 is 10.6 Å². The number of aryl methyl sites for hydroxylation is 1. The highest BCUT2D eigenvalue weighted by atomic mass is 32.1. The van der Waals surface area contributed by atoms with Gasteiger partial charge in [0.2, 0.25) is 0 Å². The molecule has 1 fully saturated rings. The monoisotopic (exact) mass is 486 g/mol. The molecular weight excluding hydrogens is 463 g/mol. The Hall–Kier alpha value is -3.87. The molecule has 0 spiro atoms. The zero-order valence-electron chi connectivity index (χ0n) is 19.0. The molecule has 0 radical (unpaired) electrons. The van der Waals surface area contributed by atoms with Crippen molar-refractivity contribution < 1.29 is 9.18 Å². The van der Waals surface area contributed by atoms with Crippen LogP contribution in [0.4, 0.5) is 15.8 Å². The Kier molecular flexibility index (Phi) is 6.40. The number of carbonyl (C=O) groups excluding carboxylic acids is 1. The highest BCUT2D eigenvalue weighted by molar-refractivity contribution is 7.09. The van der Waals surface area contributed by atoms with Gasteiger partial charge in [-0.1, -0.05) is 18.2 Å². The quantitative estimate of drug-likeness (QED) is 0.315. The molecule has 1 aliphatic carbocycles. The fraction of sp³-hybridized carbons (Fsp3) is 0.231. The van der Waals surface area contributed by atoms with Crippen LogP contribution in [-0.4, -0.2) is 27.2 Å². The summed E-state index contributed by atoms with van der Waals surface area (Å²) in [6, 6.07) is 13.0. The maximum absolute atomic E-state index is 14.8. The van der Waals surface area contributed by atoms with Crippen molar-refractivity contribution in [1.29, 1.82) is 0 Å². The van der Waals surface area contributed by atoms with Crippen LogP contribution < -0.4 is 10.6 Å². The fourth-order valence-corrected chi connectivity index (χ4v) is 4.63. The molecule has 0 bridgehead atoms. The molecule has 1 atom stereocenters. The first-order valence-corrected chi connectivity index (χ1v) is 12.2. The first-order chi connectivity index (χ1) is 17.0. The topological polar surface area (TPSA) is 76.2 Å². The maximum Gasteiger partial charge on any atom is 0.274 e. The lowest BCUT2D eigenvalue weighted by Crippen LogP contribution is -2.25. The second-order valence-electron chi connectivity index (χ2n) is 8.56. The van der Waals surface area contributed by atoms with Gasteiger partial charge in [0.05, 0.1) is 29.7 Å². The van der Waals surface area contributed by atoms with Gasteiger partial charge in [-0.15, -0.1) is 11.3 Å². The average Bonchev–Trinajstić information content (AvgIpc) is 3.36. The molecule has 176 valence electrons. The number of nitrogens with one attached hydrogen (secondary N) is 2. The molecule has 4 aromatic rings. The number of hydrogen-bond donors (Lipinski definition) is 2. The normalized spacial score (nSPS) is 13.9. The third-order valence-corrected chi connectivity index (χ3v) is 6.69. The van der Waals surface area contributed by atoms with E-state index in [1.165, 1.54) is 34.9 Å². The van der Waals surface area contributed by atoms with E-state index in [1.807, 2.05) is 5.38 Å². The molecule has 2 aromatic carbocycles. The Balaban J connectivity index is 1.43. The smallest absolute Gasteiger partial charge is 0.274 e. The van der Waals surface area contributed by atoms with Crippen LogP contribution in [0.5, 0.6) is 0 Å². The number of amides is 1. The molecule has 2 heterocycles. The van der Waals surface area contributed by atoms with E-state index in [-0.39, 0.29) is 17.4 Å². The van der Waals surface area contributed by atoms with Gasteiger partial charge >= 0.3 is 0 Å². The van der Waals surface area contributed by atoms with E-state index in [4.69, 9.17) is 6.57 Å². The van der Waals surface area contributed by atoms with Crippen molar-refractivity contribution in [2.24, 2.45) is 5.92 Å². The second kappa shape index (κ2) is 9.78. The largest absolute Gasteiger partial charge is 0.318 e. The van der Waals surface area contributed by atoms with Crippen LogP contribution in [0.1, 0.15) is 45.6 Å². The molecule has 1 saturated carbocycles. The molecule has 1 amide bonds. The van der Waals surface area contributed by atoms with Crippen molar-refractivity contribution in [3.05, 3.63) is 99.3 Å². The van der Waals surface area contributed by atoms with Crippen LogP contribution in [0.15, 0.2) is 60.1 Å². The molecule has 1 unspecified atom stereocenters. The highest BCUT2D eigenvalue weighted by Gasteiger charge is 2.25. The van der Waals surface area contributed by atoms with E-state index in [0.29, 0.717) is 23.0 Å². The van der Waals surface area contributed by atoms with Gasteiger partial charge in [-0.3, -0.25) is 4.79 Å². The zero-order chi connectivity index (χ0) is 24.4. The minimum absolute atomic E-state index is 0.0857. The van der Waals surface area contributed by atoms with Gasteiger partial charge in [-0.05, 0) is 68.1 Å². The Morgan fingerprint density at radius 1 is 1.29 bits per heavy atom. The Morgan fingerprint density at radius 2 is 2.14 bits per heavy atom. The van der Waals surface area contributed by atoms with Crippen molar-refractivity contribution in [1.82, 2.24) is 20.1 Å². The Bertz CT molecular complexity index is 1400. The molecule has 7 nitrogen and oxygen atoms in total. The number of aromatic nitrogens is 3. The van der Waals surface area contributed by atoms with Crippen LogP contribution in [0, 0.1) is 25.2 Å². The van der Waals surface area contributed by atoms with Gasteiger partial charge in [-0.25, -0.2) is 18.9 Å². The molecule has 5 rings (SSSR count). The van der Waals surface area contributed by atoms with Gasteiger partial charge in [0.15, 0.2) is 5.69 Å². The molecule has 35 heavy (non-hydrogen) atoms. The van der Waals surface area contributed by atoms with Crippen LogP contribution in [0.25, 0.3) is 10.5 Å². The van der Waals surface area contributed by atoms with Crippen molar-refractivity contribution in [3.63, 3.8) is 0 Å². The zero-order valence-corrected chi connectivity index (χ0v) is 19.8. The number of halogens is 1. The summed E-state index contributed by atoms with van der Waals surface area (Å²) in [5.41, 5.74) is 2.81. The van der Waals surface area contributed by atoms with Crippen LogP contribution in [0.2, 0.25) is 0 Å². The summed E-state index contributed by atoms with van der Waals surface area (Å²) >= 11 is 1.54. The number of nitrogens with zero attached hydrogens (tertiary/aromatic N) is 4. The Labute approximate surface area is 206 Å². The van der Waals surface area contributed by atoms with Crippen LogP contribution >= 0.6 is 11.3 Å². The van der Waals surface area contributed by atoms with Crippen molar-refractivity contribution in [2.75, 3.05) is 11.9 Å². The van der Waals surface area contributed by atoms with Gasteiger partial charge in [0.25, 0.3) is 5.91 Å². The summed E-state index contributed by atoms with van der Waals surface area (Å²) in [5.74, 6) is -0.353. The molecule has 0 saturated heterocycles. The van der Waals surface area contributed by atoms with Crippen LogP contribution in [-0.2, 0) is 0 Å². The lowest BCUT2D eigenvalue weighted by Gasteiger charge is -2.18. The molecule has 0 aliphatic heterocycles. The summed E-state index contributed by atoms with van der Waals surface area (Å²) in [5, 5.41) is 13.5. The summed E-state index contributed by atoms with van der Waals surface area (Å²) < 4.78 is 16.3. The summed E-state index contributed by atoms with van der Waals surface area (Å²) in [6.45, 7) is 9.89. The van der Waals surface area contributed by atoms with Crippen LogP contribution in [0.3, 0.4) is 0 Å². The third kappa shape index (κ3) is 5.14. The number of benzene rings is 2. The predicted molar refractivity (Wildman–Crippen MR) is 134 cm³/mol. The van der Waals surface area contributed by atoms with E-state index in [0.717, 1.165) is 17.1 Å². The van der Waals surface area contributed by atoms with Gasteiger partial charge in [0.1, 0.15) is 16.5 Å². The maximum atomic E-state index is 14.8. The number of hydrogen-bond acceptors (Lipinski definition) is 5. The second-order valence-corrected chi connectivity index (χ2v) is 9.49. The molecule has 1 aliphatic rings. The lowest BCUT2D eigenvalue weighted by molar-refractivity contribution is 0.101. The third-order valence-electron chi connectivity index (χ3n) is 5.85. The van der Waals surface area contributed by atoms with Gasteiger partial charge in [0, 0.05) is 11.6 Å². The molecule has 2 N–H and O–H groups in total. The highest BCUT2D eigenvalue weighted by Crippen LogP contribution is 2.32. The first-order valence-electron chi connectivity index (χ1n) is 11.3. The molecule has 2 aromatic heterocycles. The standard InChI is InChI=1S/C26H23FN6OS/c1-16-12-23(33(32-16)20-5-3-4-19(14-20)28-2)25(34)31-22-13-18(8-9-21(22)27)24(26-29-10-11-35-26)30-15-17-6-7-17/h3-5,8-14,17,24,30H,6-7,15H2,1H3,(H,31,34). The minimum Gasteiger partial charge on any atom is -0.318 e.